The van der Waals surface area contributed by atoms with Gasteiger partial charge in [-0.25, -0.2) is 4.98 Å². The summed E-state index contributed by atoms with van der Waals surface area (Å²) in [5.74, 6) is 0.850. The molecule has 0 unspecified atom stereocenters. The number of hydrogen-bond acceptors (Lipinski definition) is 5. The van der Waals surface area contributed by atoms with Crippen molar-refractivity contribution in [1.82, 2.24) is 15.2 Å². The van der Waals surface area contributed by atoms with Crippen molar-refractivity contribution in [3.05, 3.63) is 32.4 Å². The van der Waals surface area contributed by atoms with Crippen molar-refractivity contribution >= 4 is 28.8 Å². The average molecular weight is 283 g/mol. The molecular formula is C12H15ClN4S. The smallest absolute Gasteiger partial charge is 0.155 e. The second-order valence-corrected chi connectivity index (χ2v) is 5.70. The second-order valence-electron chi connectivity index (χ2n) is 4.28. The zero-order valence-corrected chi connectivity index (χ0v) is 12.4. The van der Waals surface area contributed by atoms with Gasteiger partial charge in [-0.2, -0.15) is 0 Å². The predicted molar refractivity (Wildman–Crippen MR) is 75.5 cm³/mol. The van der Waals surface area contributed by atoms with Gasteiger partial charge in [0.05, 0.1) is 17.2 Å². The van der Waals surface area contributed by atoms with Gasteiger partial charge < -0.3 is 4.90 Å². The fourth-order valence-corrected chi connectivity index (χ4v) is 2.51. The maximum atomic E-state index is 5.95. The maximum Gasteiger partial charge on any atom is 0.155 e. The SMILES string of the molecule is Cc1nc(CN(C)c2nnc(Cl)c(C)c2C)cs1. The number of aromatic nitrogens is 3. The van der Waals surface area contributed by atoms with Gasteiger partial charge in [0, 0.05) is 12.4 Å². The van der Waals surface area contributed by atoms with Crippen LogP contribution in [0, 0.1) is 20.8 Å². The van der Waals surface area contributed by atoms with Crippen molar-refractivity contribution < 1.29 is 0 Å². The lowest BCUT2D eigenvalue weighted by molar-refractivity contribution is 0.835. The van der Waals surface area contributed by atoms with E-state index in [1.807, 2.05) is 32.7 Å². The molecule has 0 saturated carbocycles. The molecule has 0 atom stereocenters. The largest absolute Gasteiger partial charge is 0.352 e. The molecule has 0 aliphatic heterocycles. The summed E-state index contributed by atoms with van der Waals surface area (Å²) in [6.07, 6.45) is 0. The Morgan fingerprint density at radius 2 is 1.94 bits per heavy atom. The molecule has 0 saturated heterocycles. The minimum atomic E-state index is 0.467. The van der Waals surface area contributed by atoms with Crippen LogP contribution >= 0.6 is 22.9 Å². The number of hydrogen-bond donors (Lipinski definition) is 0. The number of aryl methyl sites for hydroxylation is 1. The van der Waals surface area contributed by atoms with E-state index in [4.69, 9.17) is 11.6 Å². The van der Waals surface area contributed by atoms with Crippen LogP contribution in [0.2, 0.25) is 5.15 Å². The van der Waals surface area contributed by atoms with Crippen LogP contribution in [0.5, 0.6) is 0 Å². The first-order chi connectivity index (χ1) is 8.49. The summed E-state index contributed by atoms with van der Waals surface area (Å²) in [6.45, 7) is 6.69. The van der Waals surface area contributed by atoms with Gasteiger partial charge in [-0.3, -0.25) is 0 Å². The van der Waals surface area contributed by atoms with E-state index in [2.05, 4.69) is 20.6 Å². The lowest BCUT2D eigenvalue weighted by atomic mass is 10.2. The minimum Gasteiger partial charge on any atom is -0.352 e. The van der Waals surface area contributed by atoms with E-state index in [1.165, 1.54) is 0 Å². The third kappa shape index (κ3) is 2.62. The third-order valence-corrected chi connectivity index (χ3v) is 4.05. The summed E-state index contributed by atoms with van der Waals surface area (Å²) >= 11 is 7.61. The van der Waals surface area contributed by atoms with Crippen LogP contribution in [0.1, 0.15) is 21.8 Å². The first-order valence-corrected chi connectivity index (χ1v) is 6.86. The number of thiazole rings is 1. The van der Waals surface area contributed by atoms with Crippen molar-refractivity contribution in [2.75, 3.05) is 11.9 Å². The summed E-state index contributed by atoms with van der Waals surface area (Å²) in [5, 5.41) is 11.7. The Kier molecular flexibility index (Phi) is 3.82. The monoisotopic (exact) mass is 282 g/mol. The average Bonchev–Trinajstić information content (AvgIpc) is 2.71. The lowest BCUT2D eigenvalue weighted by Gasteiger charge is -2.19. The highest BCUT2D eigenvalue weighted by molar-refractivity contribution is 7.09. The summed E-state index contributed by atoms with van der Waals surface area (Å²) in [7, 11) is 1.99. The second kappa shape index (κ2) is 5.20. The summed E-state index contributed by atoms with van der Waals surface area (Å²) in [4.78, 5) is 6.49. The molecule has 18 heavy (non-hydrogen) atoms. The molecular weight excluding hydrogens is 268 g/mol. The van der Waals surface area contributed by atoms with E-state index in [1.54, 1.807) is 11.3 Å². The molecule has 0 fully saturated rings. The van der Waals surface area contributed by atoms with Crippen molar-refractivity contribution in [2.45, 2.75) is 27.3 Å². The van der Waals surface area contributed by atoms with E-state index in [0.717, 1.165) is 34.2 Å². The summed E-state index contributed by atoms with van der Waals surface area (Å²) < 4.78 is 0. The van der Waals surface area contributed by atoms with Gasteiger partial charge >= 0.3 is 0 Å². The van der Waals surface area contributed by atoms with Gasteiger partial charge in [0.15, 0.2) is 11.0 Å². The van der Waals surface area contributed by atoms with Crippen molar-refractivity contribution in [2.24, 2.45) is 0 Å². The molecule has 2 aromatic rings. The van der Waals surface area contributed by atoms with Gasteiger partial charge in [0.2, 0.25) is 0 Å². The molecule has 96 valence electrons. The van der Waals surface area contributed by atoms with E-state index in [9.17, 15) is 0 Å². The van der Waals surface area contributed by atoms with E-state index in [0.29, 0.717) is 5.15 Å². The topological polar surface area (TPSA) is 41.9 Å². The molecule has 0 amide bonds. The van der Waals surface area contributed by atoms with Gasteiger partial charge in [-0.05, 0) is 31.9 Å². The fraction of sp³-hybridized carbons (Fsp3) is 0.417. The van der Waals surface area contributed by atoms with Crippen LogP contribution in [0.3, 0.4) is 0 Å². The van der Waals surface area contributed by atoms with E-state index < -0.39 is 0 Å². The zero-order chi connectivity index (χ0) is 13.3. The Hall–Kier alpha value is -1.20. The molecule has 0 N–H and O–H groups in total. The molecule has 0 aromatic carbocycles. The molecule has 2 heterocycles. The van der Waals surface area contributed by atoms with E-state index in [-0.39, 0.29) is 0 Å². The first-order valence-electron chi connectivity index (χ1n) is 5.60. The number of nitrogens with zero attached hydrogens (tertiary/aromatic N) is 4. The molecule has 0 aliphatic rings. The van der Waals surface area contributed by atoms with Gasteiger partial charge in [-0.1, -0.05) is 11.6 Å². The molecule has 0 radical (unpaired) electrons. The third-order valence-electron chi connectivity index (χ3n) is 2.87. The van der Waals surface area contributed by atoms with Gasteiger partial charge in [0.1, 0.15) is 0 Å². The quantitative estimate of drug-likeness (QED) is 0.867. The Morgan fingerprint density at radius 1 is 1.22 bits per heavy atom. The highest BCUT2D eigenvalue weighted by Crippen LogP contribution is 2.24. The Balaban J connectivity index is 2.24. The zero-order valence-electron chi connectivity index (χ0n) is 10.9. The van der Waals surface area contributed by atoms with E-state index >= 15 is 0 Å². The Bertz CT molecular complexity index is 567. The highest BCUT2D eigenvalue weighted by atomic mass is 35.5. The predicted octanol–water partition coefficient (Wildman–Crippen LogP) is 3.15. The van der Waals surface area contributed by atoms with Crippen molar-refractivity contribution in [3.8, 4) is 0 Å². The molecule has 0 bridgehead atoms. The van der Waals surface area contributed by atoms with Crippen LogP contribution < -0.4 is 4.90 Å². The van der Waals surface area contributed by atoms with Crippen LogP contribution in [0.25, 0.3) is 0 Å². The molecule has 2 rings (SSSR count). The summed E-state index contributed by atoms with van der Waals surface area (Å²) in [5.41, 5.74) is 3.08. The molecule has 2 aromatic heterocycles. The molecule has 6 heteroatoms. The van der Waals surface area contributed by atoms with Crippen LogP contribution in [-0.4, -0.2) is 22.2 Å². The molecule has 4 nitrogen and oxygen atoms in total. The normalized spacial score (nSPS) is 10.7. The molecule has 0 spiro atoms. The Morgan fingerprint density at radius 3 is 2.56 bits per heavy atom. The number of halogens is 1. The fourth-order valence-electron chi connectivity index (χ4n) is 1.73. The number of anilines is 1. The van der Waals surface area contributed by atoms with Gasteiger partial charge in [0.25, 0.3) is 0 Å². The summed E-state index contributed by atoms with van der Waals surface area (Å²) in [6, 6.07) is 0. The number of rotatable bonds is 3. The Labute approximate surface area is 116 Å². The van der Waals surface area contributed by atoms with Gasteiger partial charge in [-0.15, -0.1) is 21.5 Å². The minimum absolute atomic E-state index is 0.467. The highest BCUT2D eigenvalue weighted by Gasteiger charge is 2.13. The maximum absolute atomic E-state index is 5.95. The van der Waals surface area contributed by atoms with Crippen molar-refractivity contribution in [1.29, 1.82) is 0 Å². The first kappa shape index (κ1) is 13.2. The van der Waals surface area contributed by atoms with Crippen LogP contribution in [-0.2, 0) is 6.54 Å². The lowest BCUT2D eigenvalue weighted by Crippen LogP contribution is -2.20. The van der Waals surface area contributed by atoms with Crippen LogP contribution in [0.15, 0.2) is 5.38 Å². The van der Waals surface area contributed by atoms with Crippen LogP contribution in [0.4, 0.5) is 5.82 Å². The standard InChI is InChI=1S/C12H15ClN4S/c1-7-8(2)12(16-15-11(7)13)17(4)5-10-6-18-9(3)14-10/h6H,5H2,1-4H3. The van der Waals surface area contributed by atoms with Crippen molar-refractivity contribution in [3.63, 3.8) is 0 Å². The molecule has 0 aliphatic carbocycles.